The van der Waals surface area contributed by atoms with E-state index in [1.54, 1.807) is 44.4 Å². The average molecular weight is 555 g/mol. The summed E-state index contributed by atoms with van der Waals surface area (Å²) in [6.07, 6.45) is 2.05. The Hall–Kier alpha value is -3.37. The predicted octanol–water partition coefficient (Wildman–Crippen LogP) is 4.96. The summed E-state index contributed by atoms with van der Waals surface area (Å²) in [5.41, 5.74) is -1.37. The van der Waals surface area contributed by atoms with Gasteiger partial charge in [-0.3, -0.25) is 4.79 Å². The third kappa shape index (κ3) is 8.31. The highest BCUT2D eigenvalue weighted by Gasteiger charge is 2.44. The fourth-order valence-electron chi connectivity index (χ4n) is 4.67. The zero-order chi connectivity index (χ0) is 29.3. The van der Waals surface area contributed by atoms with Crippen LogP contribution in [-0.4, -0.2) is 79.2 Å². The number of likely N-dealkylation sites (tertiary alicyclic amines) is 2. The van der Waals surface area contributed by atoms with Crippen molar-refractivity contribution < 1.29 is 42.1 Å². The first-order valence-corrected chi connectivity index (χ1v) is 13.1. The highest BCUT2D eigenvalue weighted by atomic mass is 19.1. The Balaban J connectivity index is 2.38. The number of amides is 1. The molecular weight excluding hydrogens is 514 g/mol. The average Bonchev–Trinajstić information content (AvgIpc) is 3.29. The van der Waals surface area contributed by atoms with Crippen molar-refractivity contribution in [2.75, 3.05) is 40.0 Å². The maximum atomic E-state index is 15.6. The Bertz CT molecular complexity index is 1030. The molecule has 2 fully saturated rings. The maximum Gasteiger partial charge on any atom is 0.410 e. The van der Waals surface area contributed by atoms with Gasteiger partial charge in [-0.15, -0.1) is 0 Å². The summed E-state index contributed by atoms with van der Waals surface area (Å²) in [6.45, 7) is 13.2. The van der Waals surface area contributed by atoms with Crippen LogP contribution in [0.25, 0.3) is 0 Å². The quantitative estimate of drug-likeness (QED) is 0.0884. The Morgan fingerprint density at radius 1 is 1.10 bits per heavy atom. The number of allylic oxidation sites excluding steroid dienone is 3. The van der Waals surface area contributed by atoms with E-state index in [-0.39, 0.29) is 37.4 Å². The van der Waals surface area contributed by atoms with Crippen molar-refractivity contribution in [3.05, 3.63) is 47.6 Å². The molecule has 2 saturated heterocycles. The molecule has 0 aromatic rings. The fraction of sp³-hybridized carbons (Fsp3) is 0.607. The molecule has 0 aromatic carbocycles. The fourth-order valence-corrected chi connectivity index (χ4v) is 4.67. The lowest BCUT2D eigenvalue weighted by atomic mass is 9.92. The molecule has 0 saturated carbocycles. The number of fused-ring (bicyclic) bond motifs is 1. The molecule has 39 heavy (non-hydrogen) atoms. The van der Waals surface area contributed by atoms with E-state index in [1.165, 1.54) is 0 Å². The Morgan fingerprint density at radius 3 is 2.36 bits per heavy atom. The van der Waals surface area contributed by atoms with Gasteiger partial charge in [0.1, 0.15) is 29.0 Å². The Kier molecular flexibility index (Phi) is 11.5. The van der Waals surface area contributed by atoms with Gasteiger partial charge in [0.05, 0.1) is 32.8 Å². The number of nitrogens with zero attached hydrogens (tertiary/aromatic N) is 2. The lowest BCUT2D eigenvalue weighted by Crippen LogP contribution is -2.50. The highest BCUT2D eigenvalue weighted by molar-refractivity contribution is 6.17. The Labute approximate surface area is 229 Å². The van der Waals surface area contributed by atoms with Gasteiger partial charge in [-0.1, -0.05) is 6.58 Å². The smallest absolute Gasteiger partial charge is 0.410 e. The van der Waals surface area contributed by atoms with Gasteiger partial charge >= 0.3 is 12.1 Å². The van der Waals surface area contributed by atoms with Crippen LogP contribution in [0.4, 0.5) is 13.6 Å². The van der Waals surface area contributed by atoms with Gasteiger partial charge in [-0.2, -0.15) is 0 Å². The number of hydrogen-bond acceptors (Lipinski definition) is 8. The largest absolute Gasteiger partial charge is 0.500 e. The van der Waals surface area contributed by atoms with Gasteiger partial charge in [-0.25, -0.2) is 18.4 Å². The second-order valence-electron chi connectivity index (χ2n) is 10.2. The number of carbonyl (C=O) groups is 3. The number of methoxy groups -OCH3 is 1. The van der Waals surface area contributed by atoms with Crippen LogP contribution in [0.5, 0.6) is 0 Å². The second-order valence-corrected chi connectivity index (χ2v) is 10.2. The van der Waals surface area contributed by atoms with Crippen molar-refractivity contribution in [1.82, 2.24) is 9.80 Å². The standard InChI is InChI=1S/C28H40F2N2O7/c1-8-20(29)24(25(36-7)21(30)14-23(33)19(17-37-9-2)26(34)38-10-3)31-15-18-12-11-13-32(22(18)16-31)27(35)39-28(4,5)6/h8,17-18,22H,1,9-16H2,2-7H3. The third-order valence-corrected chi connectivity index (χ3v) is 6.28. The molecule has 0 spiro atoms. The molecule has 0 aliphatic carbocycles. The number of carbonyl (C=O) groups excluding carboxylic acids is 3. The summed E-state index contributed by atoms with van der Waals surface area (Å²) >= 11 is 0. The topological polar surface area (TPSA) is 94.6 Å². The van der Waals surface area contributed by atoms with Gasteiger partial charge in [-0.05, 0) is 59.5 Å². The number of ether oxygens (including phenoxy) is 4. The first kappa shape index (κ1) is 31.8. The van der Waals surface area contributed by atoms with Gasteiger partial charge in [0.25, 0.3) is 0 Å². The molecule has 1 amide bonds. The normalized spacial score (nSPS) is 20.9. The van der Waals surface area contributed by atoms with Crippen molar-refractivity contribution in [2.45, 2.75) is 65.5 Å². The van der Waals surface area contributed by atoms with Crippen molar-refractivity contribution >= 4 is 17.8 Å². The van der Waals surface area contributed by atoms with E-state index >= 15 is 8.78 Å². The van der Waals surface area contributed by atoms with Gasteiger partial charge < -0.3 is 28.7 Å². The lowest BCUT2D eigenvalue weighted by molar-refractivity contribution is -0.140. The molecule has 2 heterocycles. The number of halogens is 2. The van der Waals surface area contributed by atoms with E-state index in [0.717, 1.165) is 32.3 Å². The van der Waals surface area contributed by atoms with E-state index in [2.05, 4.69) is 6.58 Å². The first-order chi connectivity index (χ1) is 18.4. The molecule has 0 bridgehead atoms. The number of Topliss-reactive ketones (excluding diaryl/α,β-unsaturated/α-hetero) is 1. The van der Waals surface area contributed by atoms with Crippen LogP contribution in [0.3, 0.4) is 0 Å². The lowest BCUT2D eigenvalue weighted by Gasteiger charge is -2.37. The molecule has 2 atom stereocenters. The van der Waals surface area contributed by atoms with Crippen molar-refractivity contribution in [1.29, 1.82) is 0 Å². The van der Waals surface area contributed by atoms with E-state index in [9.17, 15) is 14.4 Å². The zero-order valence-electron chi connectivity index (χ0n) is 23.7. The van der Waals surface area contributed by atoms with Crippen LogP contribution in [-0.2, 0) is 28.5 Å². The number of piperidine rings is 1. The number of rotatable bonds is 11. The molecule has 218 valence electrons. The number of ketones is 1. The maximum absolute atomic E-state index is 15.6. The molecule has 0 N–H and O–H groups in total. The van der Waals surface area contributed by atoms with Crippen LogP contribution in [0.1, 0.15) is 53.9 Å². The van der Waals surface area contributed by atoms with Gasteiger partial charge in [0, 0.05) is 19.6 Å². The van der Waals surface area contributed by atoms with Crippen LogP contribution >= 0.6 is 0 Å². The molecule has 0 aromatic heterocycles. The van der Waals surface area contributed by atoms with Crippen LogP contribution in [0.15, 0.2) is 47.6 Å². The monoisotopic (exact) mass is 554 g/mol. The van der Waals surface area contributed by atoms with E-state index in [1.807, 2.05) is 0 Å². The molecule has 11 heteroatoms. The summed E-state index contributed by atoms with van der Waals surface area (Å²) < 4.78 is 51.6. The van der Waals surface area contributed by atoms with E-state index < -0.39 is 52.9 Å². The summed E-state index contributed by atoms with van der Waals surface area (Å²) in [7, 11) is 1.16. The highest BCUT2D eigenvalue weighted by Crippen LogP contribution is 2.37. The number of hydrogen-bond donors (Lipinski definition) is 0. The molecule has 2 rings (SSSR count). The van der Waals surface area contributed by atoms with Crippen molar-refractivity contribution in [3.63, 3.8) is 0 Å². The second kappa shape index (κ2) is 14.1. The van der Waals surface area contributed by atoms with Crippen molar-refractivity contribution in [2.24, 2.45) is 5.92 Å². The minimum Gasteiger partial charge on any atom is -0.500 e. The molecule has 0 radical (unpaired) electrons. The molecule has 9 nitrogen and oxygen atoms in total. The third-order valence-electron chi connectivity index (χ3n) is 6.28. The summed E-state index contributed by atoms with van der Waals surface area (Å²) in [5, 5.41) is 0. The van der Waals surface area contributed by atoms with Crippen LogP contribution in [0, 0.1) is 5.92 Å². The van der Waals surface area contributed by atoms with Crippen LogP contribution in [0.2, 0.25) is 0 Å². The molecular formula is C28H40F2N2O7. The minimum atomic E-state index is -1.08. The zero-order valence-corrected chi connectivity index (χ0v) is 23.7. The van der Waals surface area contributed by atoms with Crippen LogP contribution < -0.4 is 0 Å². The minimum absolute atomic E-state index is 0.00621. The van der Waals surface area contributed by atoms with E-state index in [4.69, 9.17) is 18.9 Å². The summed E-state index contributed by atoms with van der Waals surface area (Å²) in [4.78, 5) is 41.2. The predicted molar refractivity (Wildman–Crippen MR) is 140 cm³/mol. The summed E-state index contributed by atoms with van der Waals surface area (Å²) in [5.74, 6) is -4.32. The number of esters is 1. The SMILES string of the molecule is C=CC(F)=C(C(OC)=C(F)CC(=O)C(=COCC)C(=O)OCC)N1CC2CCCN(C(=O)OC(C)(C)C)C2C1. The first-order valence-electron chi connectivity index (χ1n) is 13.1. The molecule has 2 unspecified atom stereocenters. The summed E-state index contributed by atoms with van der Waals surface area (Å²) in [6, 6.07) is -0.284. The van der Waals surface area contributed by atoms with Gasteiger partial charge in [0.15, 0.2) is 17.4 Å². The van der Waals surface area contributed by atoms with E-state index in [0.29, 0.717) is 13.1 Å². The molecule has 2 aliphatic rings. The molecule has 2 aliphatic heterocycles. The van der Waals surface area contributed by atoms with Crippen molar-refractivity contribution in [3.8, 4) is 0 Å². The Morgan fingerprint density at radius 2 is 1.79 bits per heavy atom. The van der Waals surface area contributed by atoms with Gasteiger partial charge in [0.2, 0.25) is 0 Å².